The van der Waals surface area contributed by atoms with Gasteiger partial charge in [0.2, 0.25) is 5.91 Å². The number of hydrogen-bond acceptors (Lipinski definition) is 5. The minimum Gasteiger partial charge on any atom is -0.456 e. The number of thioether (sulfide) groups is 1. The summed E-state index contributed by atoms with van der Waals surface area (Å²) < 4.78 is 34.2. The van der Waals surface area contributed by atoms with Crippen LogP contribution < -0.4 is 9.62 Å². The topological polar surface area (TPSA) is 79.6 Å². The molecule has 0 unspecified atom stereocenters. The molecule has 182 valence electrons. The number of nitrogens with one attached hydrogen (secondary N) is 1. The van der Waals surface area contributed by atoms with Gasteiger partial charge < -0.3 is 9.73 Å². The number of carbonyl (C=O) groups excluding carboxylic acids is 1. The van der Waals surface area contributed by atoms with Gasteiger partial charge in [0.1, 0.15) is 17.7 Å². The highest BCUT2D eigenvalue weighted by molar-refractivity contribution is 7.98. The van der Waals surface area contributed by atoms with Gasteiger partial charge in [0.15, 0.2) is 0 Å². The van der Waals surface area contributed by atoms with E-state index in [1.807, 2.05) is 55.6 Å². The van der Waals surface area contributed by atoms with E-state index in [-0.39, 0.29) is 11.4 Å². The van der Waals surface area contributed by atoms with E-state index in [0.717, 1.165) is 31.1 Å². The maximum absolute atomic E-state index is 13.6. The molecule has 1 N–H and O–H groups in total. The number of carbonyl (C=O) groups is 1. The van der Waals surface area contributed by atoms with Crippen molar-refractivity contribution in [2.75, 3.05) is 22.4 Å². The zero-order valence-electron chi connectivity index (χ0n) is 19.8. The number of rotatable bonds is 7. The summed E-state index contributed by atoms with van der Waals surface area (Å²) in [6.07, 6.45) is 1.93. The highest BCUT2D eigenvalue weighted by Gasteiger charge is 2.27. The second kappa shape index (κ2) is 9.72. The van der Waals surface area contributed by atoms with E-state index < -0.39 is 15.9 Å². The number of anilines is 2. The van der Waals surface area contributed by atoms with Crippen molar-refractivity contribution >= 4 is 61.0 Å². The number of furan rings is 1. The zero-order valence-corrected chi connectivity index (χ0v) is 21.4. The second-order valence-electron chi connectivity index (χ2n) is 8.38. The first-order valence-corrected chi connectivity index (χ1v) is 14.0. The Kier molecular flexibility index (Phi) is 6.47. The Morgan fingerprint density at radius 2 is 1.58 bits per heavy atom. The average molecular weight is 517 g/mol. The van der Waals surface area contributed by atoms with Crippen molar-refractivity contribution < 1.29 is 17.6 Å². The van der Waals surface area contributed by atoms with Gasteiger partial charge in [-0.15, -0.1) is 11.8 Å². The van der Waals surface area contributed by atoms with Crippen molar-refractivity contribution in [2.24, 2.45) is 0 Å². The molecule has 5 aromatic rings. The maximum Gasteiger partial charge on any atom is 0.264 e. The van der Waals surface area contributed by atoms with Crippen LogP contribution in [0, 0.1) is 6.92 Å². The monoisotopic (exact) mass is 516 g/mol. The van der Waals surface area contributed by atoms with Gasteiger partial charge in [-0.25, -0.2) is 8.42 Å². The second-order valence-corrected chi connectivity index (χ2v) is 11.1. The van der Waals surface area contributed by atoms with Gasteiger partial charge in [-0.1, -0.05) is 35.9 Å². The molecule has 0 aliphatic heterocycles. The quantitative estimate of drug-likeness (QED) is 0.252. The molecule has 36 heavy (non-hydrogen) atoms. The van der Waals surface area contributed by atoms with E-state index >= 15 is 0 Å². The van der Waals surface area contributed by atoms with Crippen LogP contribution in [-0.4, -0.2) is 27.1 Å². The van der Waals surface area contributed by atoms with Gasteiger partial charge >= 0.3 is 0 Å². The molecule has 0 saturated heterocycles. The molecule has 6 nitrogen and oxygen atoms in total. The zero-order chi connectivity index (χ0) is 25.3. The summed E-state index contributed by atoms with van der Waals surface area (Å²) in [5.41, 5.74) is 3.34. The van der Waals surface area contributed by atoms with Crippen LogP contribution in [0.15, 0.2) is 105 Å². The third kappa shape index (κ3) is 4.69. The van der Waals surface area contributed by atoms with Gasteiger partial charge in [0, 0.05) is 27.4 Å². The van der Waals surface area contributed by atoms with Crippen LogP contribution in [0.2, 0.25) is 0 Å². The number of sulfonamides is 1. The summed E-state index contributed by atoms with van der Waals surface area (Å²) >= 11 is 1.53. The SMILES string of the molecule is CSc1ccc(S(=O)(=O)N(CC(=O)Nc2ccc3c(c2)oc2ccccc23)c2ccc(C)cc2)cc1. The Morgan fingerprint density at radius 3 is 2.31 bits per heavy atom. The summed E-state index contributed by atoms with van der Waals surface area (Å²) in [6, 6.07) is 26.8. The average Bonchev–Trinajstić information content (AvgIpc) is 3.25. The fourth-order valence-corrected chi connectivity index (χ4v) is 5.86. The van der Waals surface area contributed by atoms with E-state index in [4.69, 9.17) is 4.42 Å². The third-order valence-corrected chi connectivity index (χ3v) is 8.45. The molecule has 1 aromatic heterocycles. The highest BCUT2D eigenvalue weighted by atomic mass is 32.2. The minimum absolute atomic E-state index is 0.123. The molecule has 0 radical (unpaired) electrons. The van der Waals surface area contributed by atoms with Crippen LogP contribution in [-0.2, 0) is 14.8 Å². The van der Waals surface area contributed by atoms with Crippen LogP contribution >= 0.6 is 11.8 Å². The molecule has 0 fully saturated rings. The summed E-state index contributed by atoms with van der Waals surface area (Å²) in [7, 11) is -3.99. The standard InChI is InChI=1S/C28H24N2O4S2/c1-19-7-10-21(11-8-19)30(36(32,33)23-14-12-22(35-2)13-15-23)18-28(31)29-20-9-16-25-24-5-3-4-6-26(24)34-27(25)17-20/h3-17H,18H2,1-2H3,(H,29,31). The normalized spacial score (nSPS) is 11.6. The molecule has 0 bridgehead atoms. The van der Waals surface area contributed by atoms with Crippen LogP contribution in [0.25, 0.3) is 21.9 Å². The predicted octanol–water partition coefficient (Wildman–Crippen LogP) is 6.45. The molecule has 0 atom stereocenters. The molecule has 0 spiro atoms. The number of benzene rings is 4. The van der Waals surface area contributed by atoms with Crippen LogP contribution in [0.3, 0.4) is 0 Å². The van der Waals surface area contributed by atoms with Gasteiger partial charge in [-0.05, 0) is 67.8 Å². The van der Waals surface area contributed by atoms with Crippen LogP contribution in [0.5, 0.6) is 0 Å². The van der Waals surface area contributed by atoms with E-state index in [1.165, 1.54) is 11.8 Å². The Hall–Kier alpha value is -3.75. The Labute approximate surface area is 214 Å². The van der Waals surface area contributed by atoms with Crippen molar-refractivity contribution in [1.82, 2.24) is 0 Å². The molecular weight excluding hydrogens is 492 g/mol. The van der Waals surface area contributed by atoms with Gasteiger partial charge in [-0.2, -0.15) is 0 Å². The first-order valence-electron chi connectivity index (χ1n) is 11.3. The first kappa shape index (κ1) is 24.0. The molecule has 0 aliphatic rings. The Bertz CT molecular complexity index is 1660. The number of aryl methyl sites for hydroxylation is 1. The highest BCUT2D eigenvalue weighted by Crippen LogP contribution is 2.31. The smallest absolute Gasteiger partial charge is 0.264 e. The number of fused-ring (bicyclic) bond motifs is 3. The lowest BCUT2D eigenvalue weighted by molar-refractivity contribution is -0.114. The number of nitrogens with zero attached hydrogens (tertiary/aromatic N) is 1. The summed E-state index contributed by atoms with van der Waals surface area (Å²) in [5, 5.41) is 4.76. The number of amides is 1. The number of hydrogen-bond donors (Lipinski definition) is 1. The molecule has 4 aromatic carbocycles. The minimum atomic E-state index is -3.99. The third-order valence-electron chi connectivity index (χ3n) is 5.92. The van der Waals surface area contributed by atoms with Crippen LogP contribution in [0.1, 0.15) is 5.56 Å². The van der Waals surface area contributed by atoms with E-state index in [0.29, 0.717) is 17.0 Å². The maximum atomic E-state index is 13.6. The lowest BCUT2D eigenvalue weighted by Gasteiger charge is -2.24. The van der Waals surface area contributed by atoms with Crippen molar-refractivity contribution in [3.8, 4) is 0 Å². The van der Waals surface area contributed by atoms with Crippen molar-refractivity contribution in [3.05, 3.63) is 96.6 Å². The van der Waals surface area contributed by atoms with Crippen LogP contribution in [0.4, 0.5) is 11.4 Å². The van der Waals surface area contributed by atoms with Gasteiger partial charge in [0.05, 0.1) is 10.6 Å². The fraction of sp³-hybridized carbons (Fsp3) is 0.107. The summed E-state index contributed by atoms with van der Waals surface area (Å²) in [5.74, 6) is -0.463. The molecule has 0 saturated carbocycles. The first-order chi connectivity index (χ1) is 17.3. The lowest BCUT2D eigenvalue weighted by atomic mass is 10.1. The molecule has 5 rings (SSSR count). The summed E-state index contributed by atoms with van der Waals surface area (Å²) in [6.45, 7) is 1.54. The largest absolute Gasteiger partial charge is 0.456 e. The Balaban J connectivity index is 1.44. The molecule has 1 heterocycles. The molecule has 1 amide bonds. The Morgan fingerprint density at radius 1 is 0.889 bits per heavy atom. The molecule has 0 aliphatic carbocycles. The van der Waals surface area contributed by atoms with E-state index in [2.05, 4.69) is 5.32 Å². The van der Waals surface area contributed by atoms with E-state index in [9.17, 15) is 13.2 Å². The lowest BCUT2D eigenvalue weighted by Crippen LogP contribution is -2.38. The van der Waals surface area contributed by atoms with Crippen molar-refractivity contribution in [3.63, 3.8) is 0 Å². The van der Waals surface area contributed by atoms with Crippen molar-refractivity contribution in [2.45, 2.75) is 16.7 Å². The predicted molar refractivity (Wildman–Crippen MR) is 146 cm³/mol. The van der Waals surface area contributed by atoms with Gasteiger partial charge in [-0.3, -0.25) is 9.10 Å². The number of para-hydroxylation sites is 1. The molecule has 8 heteroatoms. The van der Waals surface area contributed by atoms with E-state index in [1.54, 1.807) is 48.5 Å². The summed E-state index contributed by atoms with van der Waals surface area (Å²) in [4.78, 5) is 14.2. The fourth-order valence-electron chi connectivity index (χ4n) is 4.04. The molecular formula is C28H24N2O4S2. The van der Waals surface area contributed by atoms with Crippen molar-refractivity contribution in [1.29, 1.82) is 0 Å². The van der Waals surface area contributed by atoms with Gasteiger partial charge in [0.25, 0.3) is 10.0 Å².